The summed E-state index contributed by atoms with van der Waals surface area (Å²) in [5.41, 5.74) is 4.38. The fourth-order valence-electron chi connectivity index (χ4n) is 6.69. The summed E-state index contributed by atoms with van der Waals surface area (Å²) >= 11 is 1.61. The van der Waals surface area contributed by atoms with Gasteiger partial charge in [0.05, 0.1) is 22.1 Å². The smallest absolute Gasteiger partial charge is 0.410 e. The molecule has 2 aliphatic heterocycles. The number of carbonyl (C=O) groups excluding carboxylic acids is 3. The molecule has 1 aromatic carbocycles. The summed E-state index contributed by atoms with van der Waals surface area (Å²) in [5.74, 6) is 0.168. The van der Waals surface area contributed by atoms with E-state index in [1.54, 1.807) is 21.1 Å². The SMILES string of the molecule is Cc1ncsc1-c1ccc(C(C)NC(=O)[C@@H]2CCCN2C(=O)C(c2cc(N3C[C@@H](C)N(C(=O)OC(C)(C)C)C[C@@H]3C)no2)C(C)C)cc1. The summed E-state index contributed by atoms with van der Waals surface area (Å²) in [6, 6.07) is 9.12. The van der Waals surface area contributed by atoms with Crippen LogP contribution in [0.3, 0.4) is 0 Å². The van der Waals surface area contributed by atoms with Gasteiger partial charge in [0.2, 0.25) is 11.8 Å². The average molecular weight is 679 g/mol. The number of aromatic nitrogens is 2. The second-order valence-corrected chi connectivity index (χ2v) is 15.5. The maximum Gasteiger partial charge on any atom is 0.410 e. The van der Waals surface area contributed by atoms with E-state index in [4.69, 9.17) is 9.26 Å². The number of piperazine rings is 1. The van der Waals surface area contributed by atoms with Crippen LogP contribution in [0.1, 0.15) is 97.2 Å². The lowest BCUT2D eigenvalue weighted by Crippen LogP contribution is -2.59. The van der Waals surface area contributed by atoms with Crippen molar-refractivity contribution in [2.24, 2.45) is 5.92 Å². The Morgan fingerprint density at radius 3 is 2.38 bits per heavy atom. The van der Waals surface area contributed by atoms with E-state index in [0.29, 0.717) is 37.6 Å². The van der Waals surface area contributed by atoms with Crippen LogP contribution in [-0.4, -0.2) is 81.2 Å². The first-order valence-electron chi connectivity index (χ1n) is 17.0. The van der Waals surface area contributed by atoms with Crippen LogP contribution >= 0.6 is 11.3 Å². The maximum absolute atomic E-state index is 14.2. The molecule has 0 saturated carbocycles. The molecule has 12 heteroatoms. The Labute approximate surface area is 288 Å². The Bertz CT molecular complexity index is 1590. The van der Waals surface area contributed by atoms with Crippen LogP contribution in [0.25, 0.3) is 10.4 Å². The van der Waals surface area contributed by atoms with E-state index in [9.17, 15) is 14.4 Å². The van der Waals surface area contributed by atoms with Gasteiger partial charge in [-0.1, -0.05) is 43.3 Å². The average Bonchev–Trinajstić information content (AvgIpc) is 3.79. The van der Waals surface area contributed by atoms with E-state index in [2.05, 4.69) is 32.5 Å². The number of carbonyl (C=O) groups is 3. The van der Waals surface area contributed by atoms with E-state index in [1.165, 1.54) is 0 Å². The molecule has 0 spiro atoms. The summed E-state index contributed by atoms with van der Waals surface area (Å²) in [6.45, 7) is 19.1. The molecule has 4 heterocycles. The van der Waals surface area contributed by atoms with Crippen LogP contribution in [-0.2, 0) is 14.3 Å². The standard InChI is InChI=1S/C36H50N6O5S/c1-21(2)31(29-17-30(39-47-29)41-18-23(4)42(19-22(41)3)35(45)46-36(7,8)9)34(44)40-16-10-11-28(40)33(43)38-24(5)26-12-14-27(15-13-26)32-25(6)37-20-48-32/h12-15,17,20-24,28,31H,10-11,16,18-19H2,1-9H3,(H,38,43)/t22-,23+,24?,28-,31?/m0/s1. The number of aryl methyl sites for hydroxylation is 1. The molecule has 1 N–H and O–H groups in total. The predicted octanol–water partition coefficient (Wildman–Crippen LogP) is 6.55. The molecule has 11 nitrogen and oxygen atoms in total. The van der Waals surface area contributed by atoms with E-state index >= 15 is 0 Å². The molecule has 2 saturated heterocycles. The lowest BCUT2D eigenvalue weighted by Gasteiger charge is -2.44. The summed E-state index contributed by atoms with van der Waals surface area (Å²) in [5, 5.41) is 7.54. The maximum atomic E-state index is 14.2. The molecule has 3 aromatic rings. The van der Waals surface area contributed by atoms with Gasteiger partial charge in [-0.3, -0.25) is 9.59 Å². The van der Waals surface area contributed by atoms with Crippen molar-refractivity contribution >= 4 is 35.1 Å². The van der Waals surface area contributed by atoms with Gasteiger partial charge in [0.15, 0.2) is 11.6 Å². The minimum absolute atomic E-state index is 0.0402. The van der Waals surface area contributed by atoms with E-state index in [1.807, 2.05) is 86.0 Å². The van der Waals surface area contributed by atoms with Gasteiger partial charge in [-0.05, 0) is 78.4 Å². The Balaban J connectivity index is 1.24. The predicted molar refractivity (Wildman–Crippen MR) is 187 cm³/mol. The lowest BCUT2D eigenvalue weighted by molar-refractivity contribution is -0.141. The molecule has 5 rings (SSSR count). The van der Waals surface area contributed by atoms with Crippen molar-refractivity contribution in [1.29, 1.82) is 0 Å². The van der Waals surface area contributed by atoms with Crippen molar-refractivity contribution < 1.29 is 23.6 Å². The number of anilines is 1. The number of nitrogens with zero attached hydrogens (tertiary/aromatic N) is 5. The molecular weight excluding hydrogens is 629 g/mol. The second-order valence-electron chi connectivity index (χ2n) is 14.6. The van der Waals surface area contributed by atoms with E-state index in [-0.39, 0.29) is 42.0 Å². The topological polar surface area (TPSA) is 121 Å². The molecule has 2 aliphatic rings. The third-order valence-corrected chi connectivity index (χ3v) is 10.3. The minimum atomic E-state index is -0.587. The van der Waals surface area contributed by atoms with Gasteiger partial charge in [-0.15, -0.1) is 11.3 Å². The first-order chi connectivity index (χ1) is 22.6. The van der Waals surface area contributed by atoms with Gasteiger partial charge in [0.1, 0.15) is 17.6 Å². The Morgan fingerprint density at radius 1 is 1.04 bits per heavy atom. The normalized spacial score (nSPS) is 21.4. The fraction of sp³-hybridized carbons (Fsp3) is 0.583. The lowest BCUT2D eigenvalue weighted by atomic mass is 9.91. The molecule has 48 heavy (non-hydrogen) atoms. The zero-order valence-electron chi connectivity index (χ0n) is 29.6. The second kappa shape index (κ2) is 14.3. The highest BCUT2D eigenvalue weighted by atomic mass is 32.1. The Kier molecular flexibility index (Phi) is 10.5. The van der Waals surface area contributed by atoms with Gasteiger partial charge < -0.3 is 29.3 Å². The number of hydrogen-bond donors (Lipinski definition) is 1. The molecule has 2 unspecified atom stereocenters. The van der Waals surface area contributed by atoms with Gasteiger partial charge in [-0.25, -0.2) is 9.78 Å². The summed E-state index contributed by atoms with van der Waals surface area (Å²) in [6.07, 6.45) is 1.04. The fourth-order valence-corrected chi connectivity index (χ4v) is 7.51. The van der Waals surface area contributed by atoms with Gasteiger partial charge >= 0.3 is 6.09 Å². The number of thiazole rings is 1. The zero-order valence-corrected chi connectivity index (χ0v) is 30.5. The van der Waals surface area contributed by atoms with Crippen LogP contribution < -0.4 is 10.2 Å². The molecule has 0 radical (unpaired) electrons. The summed E-state index contributed by atoms with van der Waals surface area (Å²) in [4.78, 5) is 51.7. The number of hydrogen-bond acceptors (Lipinski definition) is 9. The number of nitrogens with one attached hydrogen (secondary N) is 1. The molecule has 0 aliphatic carbocycles. The monoisotopic (exact) mass is 678 g/mol. The molecule has 2 fully saturated rings. The van der Waals surface area contributed by atoms with Gasteiger partial charge in [-0.2, -0.15) is 0 Å². The van der Waals surface area contributed by atoms with Crippen molar-refractivity contribution in [3.8, 4) is 10.4 Å². The Hall–Kier alpha value is -3.93. The van der Waals surface area contributed by atoms with Crippen LogP contribution in [0.15, 0.2) is 40.4 Å². The third kappa shape index (κ3) is 7.69. The highest BCUT2D eigenvalue weighted by molar-refractivity contribution is 7.13. The molecule has 260 valence electrons. The van der Waals surface area contributed by atoms with Crippen LogP contribution in [0.2, 0.25) is 0 Å². The van der Waals surface area contributed by atoms with Crippen LogP contribution in [0.5, 0.6) is 0 Å². The van der Waals surface area contributed by atoms with Crippen LogP contribution in [0.4, 0.5) is 10.6 Å². The minimum Gasteiger partial charge on any atom is -0.444 e. The van der Waals surface area contributed by atoms with Crippen molar-refractivity contribution in [2.45, 2.75) is 111 Å². The molecular formula is C36H50N6O5S. The van der Waals surface area contributed by atoms with Crippen molar-refractivity contribution in [2.75, 3.05) is 24.5 Å². The van der Waals surface area contributed by atoms with E-state index in [0.717, 1.165) is 28.1 Å². The number of benzene rings is 1. The molecule has 3 amide bonds. The highest BCUT2D eigenvalue weighted by Crippen LogP contribution is 2.34. The summed E-state index contributed by atoms with van der Waals surface area (Å²) in [7, 11) is 0. The first-order valence-corrected chi connectivity index (χ1v) is 17.9. The van der Waals surface area contributed by atoms with Crippen LogP contribution in [0, 0.1) is 12.8 Å². The van der Waals surface area contributed by atoms with Gasteiger partial charge in [0, 0.05) is 37.8 Å². The zero-order chi connectivity index (χ0) is 34.9. The molecule has 0 bridgehead atoms. The quantitative estimate of drug-likeness (QED) is 0.285. The van der Waals surface area contributed by atoms with Crippen molar-refractivity contribution in [1.82, 2.24) is 25.3 Å². The molecule has 2 aromatic heterocycles. The third-order valence-electron chi connectivity index (χ3n) is 9.28. The highest BCUT2D eigenvalue weighted by Gasteiger charge is 2.41. The first kappa shape index (κ1) is 35.4. The largest absolute Gasteiger partial charge is 0.444 e. The number of likely N-dealkylation sites (tertiary alicyclic amines) is 1. The number of ether oxygens (including phenoxy) is 1. The van der Waals surface area contributed by atoms with E-state index < -0.39 is 17.6 Å². The Morgan fingerprint density at radius 2 is 1.75 bits per heavy atom. The van der Waals surface area contributed by atoms with Gasteiger partial charge in [0.25, 0.3) is 0 Å². The number of rotatable bonds is 8. The summed E-state index contributed by atoms with van der Waals surface area (Å²) < 4.78 is 11.5. The van der Waals surface area contributed by atoms with Crippen molar-refractivity contribution in [3.05, 3.63) is 52.9 Å². The van der Waals surface area contributed by atoms with Crippen molar-refractivity contribution in [3.63, 3.8) is 0 Å². The molecule has 5 atom stereocenters. The number of amides is 3.